The Kier molecular flexibility index (Phi) is 5.49. The maximum atomic E-state index is 5.98. The number of hydrogen-bond acceptors (Lipinski definition) is 2. The maximum Gasteiger partial charge on any atom is 0.122 e. The Morgan fingerprint density at radius 2 is 1.94 bits per heavy atom. The second-order valence-corrected chi connectivity index (χ2v) is 5.04. The number of rotatable bonds is 6. The van der Waals surface area contributed by atoms with Crippen LogP contribution in [0.1, 0.15) is 50.7 Å². The first-order valence-corrected chi connectivity index (χ1v) is 6.52. The zero-order chi connectivity index (χ0) is 12.8. The van der Waals surface area contributed by atoms with Gasteiger partial charge in [0.1, 0.15) is 5.75 Å². The molecular weight excluding hydrogens is 210 g/mol. The Morgan fingerprint density at radius 3 is 2.53 bits per heavy atom. The number of ether oxygens (including phenoxy) is 1. The monoisotopic (exact) mass is 235 g/mol. The van der Waals surface area contributed by atoms with Crippen LogP contribution in [0.4, 0.5) is 0 Å². The maximum absolute atomic E-state index is 5.98. The molecule has 0 spiro atoms. The molecule has 0 heterocycles. The average molecular weight is 235 g/mol. The van der Waals surface area contributed by atoms with Crippen LogP contribution in [-0.2, 0) is 0 Å². The Morgan fingerprint density at radius 1 is 1.24 bits per heavy atom. The fraction of sp³-hybridized carbons (Fsp3) is 0.600. The van der Waals surface area contributed by atoms with Crippen LogP contribution in [0.25, 0.3) is 0 Å². The van der Waals surface area contributed by atoms with Gasteiger partial charge in [-0.3, -0.25) is 0 Å². The predicted octanol–water partition coefficient (Wildman–Crippen LogP) is 3.62. The van der Waals surface area contributed by atoms with Gasteiger partial charge in [-0.2, -0.15) is 0 Å². The van der Waals surface area contributed by atoms with E-state index in [0.717, 1.165) is 25.1 Å². The molecule has 1 aromatic carbocycles. The van der Waals surface area contributed by atoms with E-state index in [1.807, 2.05) is 0 Å². The Hall–Kier alpha value is -1.02. The second kappa shape index (κ2) is 6.65. The number of hydrogen-bond donors (Lipinski definition) is 1. The van der Waals surface area contributed by atoms with Gasteiger partial charge >= 0.3 is 0 Å². The smallest absolute Gasteiger partial charge is 0.122 e. The Balaban J connectivity index is 2.72. The largest absolute Gasteiger partial charge is 0.490 e. The van der Waals surface area contributed by atoms with Crippen LogP contribution in [-0.4, -0.2) is 12.6 Å². The summed E-state index contributed by atoms with van der Waals surface area (Å²) in [4.78, 5) is 0. The summed E-state index contributed by atoms with van der Waals surface area (Å²) < 4.78 is 5.98. The van der Waals surface area contributed by atoms with Crippen LogP contribution >= 0.6 is 0 Å². The van der Waals surface area contributed by atoms with E-state index in [1.165, 1.54) is 11.1 Å². The summed E-state index contributed by atoms with van der Waals surface area (Å²) in [6.45, 7) is 9.34. The molecule has 0 aliphatic carbocycles. The van der Waals surface area contributed by atoms with Gasteiger partial charge in [-0.1, -0.05) is 26.0 Å². The molecule has 2 N–H and O–H groups in total. The van der Waals surface area contributed by atoms with Gasteiger partial charge in [-0.15, -0.1) is 0 Å². The zero-order valence-electron chi connectivity index (χ0n) is 11.5. The first-order valence-electron chi connectivity index (χ1n) is 6.52. The van der Waals surface area contributed by atoms with Crippen LogP contribution in [0.5, 0.6) is 5.75 Å². The highest BCUT2D eigenvalue weighted by atomic mass is 16.5. The highest BCUT2D eigenvalue weighted by Gasteiger charge is 2.08. The van der Waals surface area contributed by atoms with E-state index >= 15 is 0 Å². The van der Waals surface area contributed by atoms with Crippen molar-refractivity contribution in [1.29, 1.82) is 0 Å². The van der Waals surface area contributed by atoms with E-state index in [0.29, 0.717) is 5.92 Å². The van der Waals surface area contributed by atoms with Crippen molar-refractivity contribution in [2.24, 2.45) is 5.73 Å². The lowest BCUT2D eigenvalue weighted by molar-refractivity contribution is 0.207. The third-order valence-corrected chi connectivity index (χ3v) is 3.02. The third kappa shape index (κ3) is 4.39. The third-order valence-electron chi connectivity index (χ3n) is 3.02. The normalized spacial score (nSPS) is 12.8. The van der Waals surface area contributed by atoms with Gasteiger partial charge in [0, 0.05) is 0 Å². The quantitative estimate of drug-likeness (QED) is 0.817. The second-order valence-electron chi connectivity index (χ2n) is 5.04. The van der Waals surface area contributed by atoms with E-state index < -0.39 is 0 Å². The number of benzene rings is 1. The number of aryl methyl sites for hydroxylation is 1. The summed E-state index contributed by atoms with van der Waals surface area (Å²) in [6.07, 6.45) is 2.27. The van der Waals surface area contributed by atoms with E-state index in [1.54, 1.807) is 0 Å². The molecule has 0 saturated carbocycles. The molecule has 2 heteroatoms. The lowest BCUT2D eigenvalue weighted by Crippen LogP contribution is -2.14. The number of nitrogens with two attached hydrogens (primary N) is 1. The molecule has 0 saturated heterocycles. The van der Waals surface area contributed by atoms with Gasteiger partial charge in [0.25, 0.3) is 0 Å². The minimum Gasteiger partial charge on any atom is -0.490 e. The van der Waals surface area contributed by atoms with Crippen LogP contribution in [0.2, 0.25) is 0 Å². The standard InChI is InChI=1S/C15H25NO/c1-11(2)14-8-7-12(3)15(10-14)17-13(4)6-5-9-16/h7-8,10-11,13H,5-6,9,16H2,1-4H3. The highest BCUT2D eigenvalue weighted by Crippen LogP contribution is 2.25. The zero-order valence-corrected chi connectivity index (χ0v) is 11.5. The molecule has 0 aliphatic rings. The molecule has 96 valence electrons. The molecule has 1 rings (SSSR count). The molecule has 0 amide bonds. The van der Waals surface area contributed by atoms with Crippen molar-refractivity contribution in [1.82, 2.24) is 0 Å². The van der Waals surface area contributed by atoms with Crippen molar-refractivity contribution in [3.8, 4) is 5.75 Å². The Bertz CT molecular complexity index is 347. The van der Waals surface area contributed by atoms with Crippen LogP contribution in [0, 0.1) is 6.92 Å². The minimum atomic E-state index is 0.236. The van der Waals surface area contributed by atoms with Crippen molar-refractivity contribution in [3.63, 3.8) is 0 Å². The fourth-order valence-corrected chi connectivity index (χ4v) is 1.78. The molecule has 0 bridgehead atoms. The molecule has 1 aromatic rings. The molecule has 1 atom stereocenters. The van der Waals surface area contributed by atoms with E-state index in [-0.39, 0.29) is 6.10 Å². The molecule has 1 unspecified atom stereocenters. The van der Waals surface area contributed by atoms with Gasteiger partial charge in [0.2, 0.25) is 0 Å². The fourth-order valence-electron chi connectivity index (χ4n) is 1.78. The van der Waals surface area contributed by atoms with Crippen molar-refractivity contribution >= 4 is 0 Å². The summed E-state index contributed by atoms with van der Waals surface area (Å²) in [7, 11) is 0. The molecule has 0 radical (unpaired) electrons. The summed E-state index contributed by atoms with van der Waals surface area (Å²) >= 11 is 0. The van der Waals surface area contributed by atoms with E-state index in [4.69, 9.17) is 10.5 Å². The lowest BCUT2D eigenvalue weighted by atomic mass is 10.0. The molecule has 17 heavy (non-hydrogen) atoms. The van der Waals surface area contributed by atoms with Gasteiger partial charge in [-0.05, 0) is 56.3 Å². The van der Waals surface area contributed by atoms with Crippen LogP contribution in [0.3, 0.4) is 0 Å². The summed E-state index contributed by atoms with van der Waals surface area (Å²) in [5.41, 5.74) is 8.04. The summed E-state index contributed by atoms with van der Waals surface area (Å²) in [6, 6.07) is 6.48. The topological polar surface area (TPSA) is 35.2 Å². The molecule has 2 nitrogen and oxygen atoms in total. The SMILES string of the molecule is Cc1ccc(C(C)C)cc1OC(C)CCCN. The van der Waals surface area contributed by atoms with Gasteiger partial charge < -0.3 is 10.5 Å². The minimum absolute atomic E-state index is 0.236. The lowest BCUT2D eigenvalue weighted by Gasteiger charge is -2.17. The van der Waals surface area contributed by atoms with Crippen molar-refractivity contribution in [2.45, 2.75) is 52.6 Å². The summed E-state index contributed by atoms with van der Waals surface area (Å²) in [5.74, 6) is 1.55. The highest BCUT2D eigenvalue weighted by molar-refractivity contribution is 5.37. The molecule has 0 aromatic heterocycles. The van der Waals surface area contributed by atoms with Gasteiger partial charge in [0.05, 0.1) is 6.10 Å². The van der Waals surface area contributed by atoms with Crippen LogP contribution < -0.4 is 10.5 Å². The van der Waals surface area contributed by atoms with Crippen LogP contribution in [0.15, 0.2) is 18.2 Å². The van der Waals surface area contributed by atoms with E-state index in [9.17, 15) is 0 Å². The van der Waals surface area contributed by atoms with E-state index in [2.05, 4.69) is 45.9 Å². The predicted molar refractivity (Wildman–Crippen MR) is 73.6 cm³/mol. The molecule has 0 fully saturated rings. The molecular formula is C15H25NO. The van der Waals surface area contributed by atoms with Crippen molar-refractivity contribution in [3.05, 3.63) is 29.3 Å². The average Bonchev–Trinajstić information content (AvgIpc) is 2.29. The first kappa shape index (κ1) is 14.0. The first-order chi connectivity index (χ1) is 8.04. The molecule has 0 aliphatic heterocycles. The van der Waals surface area contributed by atoms with Crippen molar-refractivity contribution < 1.29 is 4.74 Å². The Labute approximate surface area is 105 Å². The summed E-state index contributed by atoms with van der Waals surface area (Å²) in [5, 5.41) is 0. The van der Waals surface area contributed by atoms with Gasteiger partial charge in [0.15, 0.2) is 0 Å². The van der Waals surface area contributed by atoms with Crippen molar-refractivity contribution in [2.75, 3.05) is 6.54 Å². The van der Waals surface area contributed by atoms with Gasteiger partial charge in [-0.25, -0.2) is 0 Å².